The second-order valence-corrected chi connectivity index (χ2v) is 8.81. The summed E-state index contributed by atoms with van der Waals surface area (Å²) in [6, 6.07) is 3.55. The number of carbonyl (C=O) groups excluding carboxylic acids is 2. The predicted molar refractivity (Wildman–Crippen MR) is 118 cm³/mol. The Morgan fingerprint density at radius 2 is 2.12 bits per heavy atom. The smallest absolute Gasteiger partial charge is 0.248 e. The zero-order chi connectivity index (χ0) is 22.7. The van der Waals surface area contributed by atoms with Crippen LogP contribution < -0.4 is 10.9 Å². The van der Waals surface area contributed by atoms with Crippen LogP contribution in [-0.2, 0) is 20.9 Å². The Kier molecular flexibility index (Phi) is 6.71. The van der Waals surface area contributed by atoms with Crippen molar-refractivity contribution in [2.45, 2.75) is 37.9 Å². The number of amides is 2. The highest BCUT2D eigenvalue weighted by molar-refractivity contribution is 5.93. The monoisotopic (exact) mass is 442 g/mol. The molecule has 2 N–H and O–H groups in total. The Balaban J connectivity index is 1.41. The van der Waals surface area contributed by atoms with E-state index in [1.165, 1.54) is 11.0 Å². The van der Waals surface area contributed by atoms with Crippen molar-refractivity contribution in [2.75, 3.05) is 39.2 Å². The van der Waals surface area contributed by atoms with Crippen LogP contribution in [-0.4, -0.2) is 76.3 Å². The van der Waals surface area contributed by atoms with E-state index in [2.05, 4.69) is 20.3 Å². The van der Waals surface area contributed by atoms with Crippen LogP contribution >= 0.6 is 0 Å². The molecule has 0 unspecified atom stereocenters. The minimum atomic E-state index is -0.132. The minimum absolute atomic E-state index is 0.0414. The molecule has 172 valence electrons. The number of anilines is 1. The summed E-state index contributed by atoms with van der Waals surface area (Å²) in [6.45, 7) is 1.85. The maximum absolute atomic E-state index is 12.0. The Labute approximate surface area is 186 Å². The van der Waals surface area contributed by atoms with Gasteiger partial charge in [0.2, 0.25) is 17.4 Å². The van der Waals surface area contributed by atoms with E-state index in [1.54, 1.807) is 26.5 Å². The maximum Gasteiger partial charge on any atom is 0.248 e. The molecule has 0 bridgehead atoms. The highest BCUT2D eigenvalue weighted by Gasteiger charge is 2.34. The number of aromatic amines is 1. The van der Waals surface area contributed by atoms with Crippen LogP contribution in [0.3, 0.4) is 0 Å². The van der Waals surface area contributed by atoms with Gasteiger partial charge in [-0.05, 0) is 24.8 Å². The first-order chi connectivity index (χ1) is 15.4. The normalized spacial score (nSPS) is 20.9. The molecule has 2 amide bonds. The molecule has 2 atom stereocenters. The summed E-state index contributed by atoms with van der Waals surface area (Å²) in [5.74, 6) is 0.131. The number of H-pyrrole nitrogens is 1. The van der Waals surface area contributed by atoms with Crippen molar-refractivity contribution in [2.24, 2.45) is 5.92 Å². The lowest BCUT2D eigenvalue weighted by atomic mass is 10.2. The van der Waals surface area contributed by atoms with Gasteiger partial charge in [0.15, 0.2) is 0 Å². The predicted octanol–water partition coefficient (Wildman–Crippen LogP) is 0.840. The van der Waals surface area contributed by atoms with Crippen LogP contribution in [0.15, 0.2) is 35.5 Å². The van der Waals surface area contributed by atoms with Gasteiger partial charge < -0.3 is 19.9 Å². The minimum Gasteiger partial charge on any atom is -0.370 e. The number of pyridine rings is 1. The summed E-state index contributed by atoms with van der Waals surface area (Å²) in [6.07, 6.45) is 8.01. The van der Waals surface area contributed by atoms with Gasteiger partial charge in [-0.15, -0.1) is 0 Å². The molecule has 2 fully saturated rings. The Morgan fingerprint density at radius 3 is 2.81 bits per heavy atom. The molecule has 1 saturated carbocycles. The Morgan fingerprint density at radius 1 is 1.31 bits per heavy atom. The summed E-state index contributed by atoms with van der Waals surface area (Å²) in [7, 11) is 3.41. The first-order valence-corrected chi connectivity index (χ1v) is 10.9. The number of aromatic nitrogens is 3. The van der Waals surface area contributed by atoms with Crippen molar-refractivity contribution in [3.8, 4) is 0 Å². The van der Waals surface area contributed by atoms with Crippen LogP contribution in [0.2, 0.25) is 0 Å². The molecule has 4 rings (SSSR count). The fourth-order valence-electron chi connectivity index (χ4n) is 3.90. The summed E-state index contributed by atoms with van der Waals surface area (Å²) in [4.78, 5) is 41.8. The van der Waals surface area contributed by atoms with Gasteiger partial charge in [0.05, 0.1) is 24.5 Å². The number of rotatable bonds is 9. The van der Waals surface area contributed by atoms with Crippen LogP contribution in [0.25, 0.3) is 0 Å². The van der Waals surface area contributed by atoms with E-state index in [4.69, 9.17) is 4.74 Å². The van der Waals surface area contributed by atoms with Crippen LogP contribution in [0, 0.1) is 5.92 Å². The molecule has 2 aromatic heterocycles. The molecule has 3 heterocycles. The number of likely N-dealkylation sites (N-methyl/N-ethyl adjacent to an activating group) is 1. The molecule has 1 saturated heterocycles. The van der Waals surface area contributed by atoms with E-state index in [0.717, 1.165) is 31.4 Å². The molecule has 0 aromatic carbocycles. The lowest BCUT2D eigenvalue weighted by Gasteiger charge is -2.24. The van der Waals surface area contributed by atoms with Crippen LogP contribution in [0.1, 0.15) is 30.9 Å². The number of ether oxygens (including phenoxy) is 1. The summed E-state index contributed by atoms with van der Waals surface area (Å²) >= 11 is 0. The zero-order valence-electron chi connectivity index (χ0n) is 18.5. The SMILES string of the molecule is CN(C)C(=O)COC[C@@H]1C[C@H](n2cc(NC(=O)C3CC3)cn2)CN1Cc1ccc(=O)[nH]c1. The quantitative estimate of drug-likeness (QED) is 0.595. The Hall–Kier alpha value is -2.98. The average Bonchev–Trinajstić information content (AvgIpc) is 3.40. The topological polar surface area (TPSA) is 113 Å². The van der Waals surface area contributed by atoms with Crippen LogP contribution in [0.4, 0.5) is 5.69 Å². The third-order valence-corrected chi connectivity index (χ3v) is 5.97. The first kappa shape index (κ1) is 22.2. The lowest BCUT2D eigenvalue weighted by Crippen LogP contribution is -2.34. The van der Waals surface area contributed by atoms with Gasteiger partial charge in [-0.1, -0.05) is 6.07 Å². The molecule has 0 radical (unpaired) electrons. The Bertz CT molecular complexity index is 991. The molecule has 32 heavy (non-hydrogen) atoms. The average molecular weight is 443 g/mol. The number of hydrogen-bond donors (Lipinski definition) is 2. The zero-order valence-corrected chi connectivity index (χ0v) is 18.5. The van der Waals surface area contributed by atoms with Crippen molar-refractivity contribution >= 4 is 17.5 Å². The number of nitrogens with zero attached hydrogens (tertiary/aromatic N) is 4. The lowest BCUT2D eigenvalue weighted by molar-refractivity contribution is -0.134. The van der Waals surface area contributed by atoms with Gasteiger partial charge >= 0.3 is 0 Å². The number of nitrogens with one attached hydrogen (secondary N) is 2. The van der Waals surface area contributed by atoms with Crippen molar-refractivity contribution in [1.82, 2.24) is 24.6 Å². The standard InChI is InChI=1S/C22H30N6O4/c1-26(2)21(30)14-32-13-19-7-18(12-27(19)10-15-3-6-20(29)23-8-15)28-11-17(9-24-28)25-22(31)16-4-5-16/h3,6,8-9,11,16,18-19H,4-5,7,10,12-14H2,1-2H3,(H,23,29)(H,25,31)/t18-,19-/m0/s1. The largest absolute Gasteiger partial charge is 0.370 e. The number of carbonyl (C=O) groups is 2. The highest BCUT2D eigenvalue weighted by atomic mass is 16.5. The summed E-state index contributed by atoms with van der Waals surface area (Å²) in [5.41, 5.74) is 1.58. The van der Waals surface area contributed by atoms with Crippen LogP contribution in [0.5, 0.6) is 0 Å². The van der Waals surface area contributed by atoms with Gasteiger partial charge in [0.25, 0.3) is 0 Å². The van der Waals surface area contributed by atoms with Crippen molar-refractivity contribution in [3.63, 3.8) is 0 Å². The van der Waals surface area contributed by atoms with Gasteiger partial charge in [-0.2, -0.15) is 5.10 Å². The van der Waals surface area contributed by atoms with Gasteiger partial charge in [-0.3, -0.25) is 24.0 Å². The third kappa shape index (κ3) is 5.63. The van der Waals surface area contributed by atoms with E-state index in [1.807, 2.05) is 16.9 Å². The molecular formula is C22H30N6O4. The van der Waals surface area contributed by atoms with Gasteiger partial charge in [0.1, 0.15) is 6.61 Å². The molecule has 2 aliphatic rings. The maximum atomic E-state index is 12.0. The fourth-order valence-corrected chi connectivity index (χ4v) is 3.90. The second-order valence-electron chi connectivity index (χ2n) is 8.81. The number of hydrogen-bond acceptors (Lipinski definition) is 6. The molecule has 0 spiro atoms. The first-order valence-electron chi connectivity index (χ1n) is 10.9. The van der Waals surface area contributed by atoms with E-state index >= 15 is 0 Å². The number of likely N-dealkylation sites (tertiary alicyclic amines) is 1. The van der Waals surface area contributed by atoms with E-state index < -0.39 is 0 Å². The molecule has 10 nitrogen and oxygen atoms in total. The highest BCUT2D eigenvalue weighted by Crippen LogP contribution is 2.31. The summed E-state index contributed by atoms with van der Waals surface area (Å²) < 4.78 is 7.62. The van der Waals surface area contributed by atoms with E-state index in [0.29, 0.717) is 18.8 Å². The van der Waals surface area contributed by atoms with Crippen molar-refractivity contribution in [1.29, 1.82) is 0 Å². The molecule has 2 aromatic rings. The molecular weight excluding hydrogens is 412 g/mol. The summed E-state index contributed by atoms with van der Waals surface area (Å²) in [5, 5.41) is 7.41. The molecule has 10 heteroatoms. The second kappa shape index (κ2) is 9.66. The third-order valence-electron chi connectivity index (χ3n) is 5.97. The van der Waals surface area contributed by atoms with E-state index in [9.17, 15) is 14.4 Å². The molecule has 1 aliphatic heterocycles. The van der Waals surface area contributed by atoms with E-state index in [-0.39, 0.29) is 42.0 Å². The van der Waals surface area contributed by atoms with Crippen molar-refractivity contribution in [3.05, 3.63) is 46.6 Å². The fraction of sp³-hybridized carbons (Fsp3) is 0.545. The van der Waals surface area contributed by atoms with Gasteiger partial charge in [0, 0.05) is 57.6 Å². The van der Waals surface area contributed by atoms with Gasteiger partial charge in [-0.25, -0.2) is 0 Å². The molecule has 1 aliphatic carbocycles. The van der Waals surface area contributed by atoms with Crippen molar-refractivity contribution < 1.29 is 14.3 Å².